The molecule has 1 aromatic carbocycles. The van der Waals surface area contributed by atoms with Crippen molar-refractivity contribution in [1.29, 1.82) is 0 Å². The van der Waals surface area contributed by atoms with E-state index in [-0.39, 0.29) is 5.56 Å². The van der Waals surface area contributed by atoms with Crippen LogP contribution >= 0.6 is 23.1 Å². The van der Waals surface area contributed by atoms with E-state index in [1.54, 1.807) is 23.1 Å². The molecule has 0 fully saturated rings. The maximum absolute atomic E-state index is 13.8. The first-order valence-electron chi connectivity index (χ1n) is 12.1. The summed E-state index contributed by atoms with van der Waals surface area (Å²) in [4.78, 5) is 23.6. The number of thioether (sulfide) groups is 1. The molecule has 3 heterocycles. The SMILES string of the molecule is CCCCCCCCSc1nc2sc3c(c2c(=O)n1-c1ccccc1)CCN(C(C)C)C3. The molecule has 4 rings (SSSR count). The van der Waals surface area contributed by atoms with Gasteiger partial charge in [0.2, 0.25) is 0 Å². The molecule has 2 aromatic heterocycles. The third kappa shape index (κ3) is 5.13. The summed E-state index contributed by atoms with van der Waals surface area (Å²) in [5.74, 6) is 1.00. The zero-order valence-corrected chi connectivity index (χ0v) is 21.2. The quantitative estimate of drug-likeness (QED) is 0.189. The molecule has 0 unspecified atom stereocenters. The van der Waals surface area contributed by atoms with E-state index in [2.05, 4.69) is 25.7 Å². The van der Waals surface area contributed by atoms with Crippen molar-refractivity contribution in [3.8, 4) is 5.69 Å². The minimum absolute atomic E-state index is 0.0992. The fourth-order valence-corrected chi connectivity index (χ4v) is 6.73. The molecule has 0 spiro atoms. The fraction of sp³-hybridized carbons (Fsp3) is 0.538. The number of hydrogen-bond donors (Lipinski definition) is 0. The molecule has 0 N–H and O–H groups in total. The highest BCUT2D eigenvalue weighted by Gasteiger charge is 2.26. The van der Waals surface area contributed by atoms with Crippen molar-refractivity contribution in [3.63, 3.8) is 0 Å². The number of thiophene rings is 1. The van der Waals surface area contributed by atoms with Crippen molar-refractivity contribution >= 4 is 33.3 Å². The van der Waals surface area contributed by atoms with Crippen LogP contribution in [0, 0.1) is 0 Å². The van der Waals surface area contributed by atoms with Crippen molar-refractivity contribution < 1.29 is 0 Å². The molecule has 32 heavy (non-hydrogen) atoms. The summed E-state index contributed by atoms with van der Waals surface area (Å²) in [7, 11) is 0. The van der Waals surface area contributed by atoms with Crippen molar-refractivity contribution in [2.24, 2.45) is 0 Å². The largest absolute Gasteiger partial charge is 0.296 e. The summed E-state index contributed by atoms with van der Waals surface area (Å²) in [6, 6.07) is 10.5. The Morgan fingerprint density at radius 3 is 2.59 bits per heavy atom. The average Bonchev–Trinajstić information content (AvgIpc) is 3.17. The highest BCUT2D eigenvalue weighted by molar-refractivity contribution is 7.99. The number of fused-ring (bicyclic) bond motifs is 3. The third-order valence-corrected chi connectivity index (χ3v) is 8.48. The average molecular weight is 470 g/mol. The number of unbranched alkanes of at least 4 members (excludes halogenated alkanes) is 5. The number of aromatic nitrogens is 2. The number of rotatable bonds is 10. The van der Waals surface area contributed by atoms with Crippen LogP contribution in [0.25, 0.3) is 15.9 Å². The normalized spacial score (nSPS) is 14.4. The summed E-state index contributed by atoms with van der Waals surface area (Å²) < 4.78 is 1.85. The topological polar surface area (TPSA) is 38.1 Å². The van der Waals surface area contributed by atoms with Gasteiger partial charge in [-0.2, -0.15) is 0 Å². The Morgan fingerprint density at radius 2 is 1.84 bits per heavy atom. The van der Waals surface area contributed by atoms with Gasteiger partial charge in [-0.05, 0) is 44.4 Å². The van der Waals surface area contributed by atoms with Crippen molar-refractivity contribution in [1.82, 2.24) is 14.5 Å². The first kappa shape index (κ1) is 23.5. The minimum Gasteiger partial charge on any atom is -0.296 e. The van der Waals surface area contributed by atoms with Gasteiger partial charge in [-0.1, -0.05) is 69.0 Å². The van der Waals surface area contributed by atoms with Gasteiger partial charge in [0.05, 0.1) is 11.1 Å². The predicted octanol–water partition coefficient (Wildman–Crippen LogP) is 6.67. The van der Waals surface area contributed by atoms with E-state index in [0.717, 1.165) is 46.3 Å². The molecule has 4 nitrogen and oxygen atoms in total. The van der Waals surface area contributed by atoms with Crippen LogP contribution in [0.3, 0.4) is 0 Å². The van der Waals surface area contributed by atoms with Gasteiger partial charge in [0.15, 0.2) is 5.16 Å². The molecule has 0 bridgehead atoms. The lowest BCUT2D eigenvalue weighted by Crippen LogP contribution is -2.35. The lowest BCUT2D eigenvalue weighted by molar-refractivity contribution is 0.206. The van der Waals surface area contributed by atoms with Gasteiger partial charge in [0.1, 0.15) is 4.83 Å². The molecule has 1 aliphatic rings. The lowest BCUT2D eigenvalue weighted by atomic mass is 10.0. The molecular weight excluding hydrogens is 434 g/mol. The smallest absolute Gasteiger partial charge is 0.267 e. The number of benzene rings is 1. The highest BCUT2D eigenvalue weighted by Crippen LogP contribution is 2.35. The predicted molar refractivity (Wildman–Crippen MR) is 139 cm³/mol. The van der Waals surface area contributed by atoms with Gasteiger partial charge >= 0.3 is 0 Å². The first-order chi connectivity index (χ1) is 15.6. The molecule has 0 amide bonds. The van der Waals surface area contributed by atoms with Gasteiger partial charge in [0, 0.05) is 29.8 Å². The zero-order valence-electron chi connectivity index (χ0n) is 19.6. The number of para-hydroxylation sites is 1. The van der Waals surface area contributed by atoms with Crippen molar-refractivity contribution in [2.75, 3.05) is 12.3 Å². The van der Waals surface area contributed by atoms with Crippen LogP contribution < -0.4 is 5.56 Å². The van der Waals surface area contributed by atoms with Crippen LogP contribution in [-0.4, -0.2) is 32.8 Å². The second-order valence-electron chi connectivity index (χ2n) is 8.98. The standard InChI is InChI=1S/C26H35N3OS2/c1-4-5-6-7-8-12-17-31-26-27-24-23(25(30)29(26)20-13-10-9-11-14-20)21-15-16-28(19(2)3)18-22(21)32-24/h9-11,13-14,19H,4-8,12,15-18H2,1-3H3. The second kappa shape index (κ2) is 11.0. The molecule has 0 saturated heterocycles. The maximum Gasteiger partial charge on any atom is 0.267 e. The minimum atomic E-state index is 0.0992. The van der Waals surface area contributed by atoms with Crippen LogP contribution in [0.4, 0.5) is 0 Å². The Labute approximate surface area is 200 Å². The number of hydrogen-bond acceptors (Lipinski definition) is 5. The van der Waals surface area contributed by atoms with Crippen LogP contribution in [0.5, 0.6) is 0 Å². The van der Waals surface area contributed by atoms with Gasteiger partial charge in [0.25, 0.3) is 5.56 Å². The van der Waals surface area contributed by atoms with Gasteiger partial charge in [-0.25, -0.2) is 4.98 Å². The summed E-state index contributed by atoms with van der Waals surface area (Å²) in [5.41, 5.74) is 2.25. The van der Waals surface area contributed by atoms with E-state index in [1.807, 2.05) is 34.9 Å². The van der Waals surface area contributed by atoms with E-state index in [1.165, 1.54) is 49.0 Å². The summed E-state index contributed by atoms with van der Waals surface area (Å²) >= 11 is 3.46. The molecule has 0 radical (unpaired) electrons. The Kier molecular flexibility index (Phi) is 8.08. The Hall–Kier alpha value is -1.63. The molecular formula is C26H35N3OS2. The number of nitrogens with zero attached hydrogens (tertiary/aromatic N) is 3. The first-order valence-corrected chi connectivity index (χ1v) is 13.9. The van der Waals surface area contributed by atoms with E-state index in [9.17, 15) is 4.79 Å². The van der Waals surface area contributed by atoms with E-state index in [0.29, 0.717) is 6.04 Å². The third-order valence-electron chi connectivity index (χ3n) is 6.35. The Balaban J connectivity index is 1.65. The Bertz CT molecular complexity index is 1090. The molecule has 0 saturated carbocycles. The Morgan fingerprint density at radius 1 is 1.09 bits per heavy atom. The molecule has 0 atom stereocenters. The second-order valence-corrected chi connectivity index (χ2v) is 11.1. The summed E-state index contributed by atoms with van der Waals surface area (Å²) in [6.07, 6.45) is 8.59. The monoisotopic (exact) mass is 469 g/mol. The maximum atomic E-state index is 13.8. The van der Waals surface area contributed by atoms with Crippen LogP contribution in [0.2, 0.25) is 0 Å². The zero-order chi connectivity index (χ0) is 22.5. The molecule has 1 aliphatic heterocycles. The van der Waals surface area contributed by atoms with Gasteiger partial charge in [-0.3, -0.25) is 14.3 Å². The van der Waals surface area contributed by atoms with E-state index >= 15 is 0 Å². The summed E-state index contributed by atoms with van der Waals surface area (Å²) in [6.45, 7) is 8.68. The van der Waals surface area contributed by atoms with Crippen molar-refractivity contribution in [2.45, 2.75) is 83.5 Å². The van der Waals surface area contributed by atoms with Crippen molar-refractivity contribution in [3.05, 3.63) is 51.1 Å². The molecule has 6 heteroatoms. The fourth-order valence-electron chi connectivity index (χ4n) is 4.43. The van der Waals surface area contributed by atoms with Crippen LogP contribution in [-0.2, 0) is 13.0 Å². The molecule has 3 aromatic rings. The van der Waals surface area contributed by atoms with Crippen LogP contribution in [0.15, 0.2) is 40.3 Å². The van der Waals surface area contributed by atoms with Gasteiger partial charge < -0.3 is 0 Å². The van der Waals surface area contributed by atoms with E-state index in [4.69, 9.17) is 4.98 Å². The highest BCUT2D eigenvalue weighted by atomic mass is 32.2. The summed E-state index contributed by atoms with van der Waals surface area (Å²) in [5, 5.41) is 1.68. The van der Waals surface area contributed by atoms with E-state index < -0.39 is 0 Å². The molecule has 172 valence electrons. The van der Waals surface area contributed by atoms with Crippen LogP contribution in [0.1, 0.15) is 69.7 Å². The van der Waals surface area contributed by atoms with Gasteiger partial charge in [-0.15, -0.1) is 11.3 Å². The molecule has 0 aliphatic carbocycles. The lowest BCUT2D eigenvalue weighted by Gasteiger charge is -2.30.